The summed E-state index contributed by atoms with van der Waals surface area (Å²) < 4.78 is 42.0. The highest BCUT2D eigenvalue weighted by Gasteiger charge is 2.20. The number of ketones is 1. The Morgan fingerprint density at radius 1 is 1.07 bits per heavy atom. The molecule has 8 heteroatoms. The number of anilines is 1. The van der Waals surface area contributed by atoms with E-state index in [-0.39, 0.29) is 17.9 Å². The number of carbonyl (C=O) groups excluding carboxylic acids is 1. The second kappa shape index (κ2) is 8.08. The third-order valence-corrected chi connectivity index (χ3v) is 5.69. The Morgan fingerprint density at radius 2 is 1.83 bits per heavy atom. The molecule has 2 heterocycles. The van der Waals surface area contributed by atoms with E-state index in [1.807, 2.05) is 0 Å². The minimum atomic E-state index is -4.13. The summed E-state index contributed by atoms with van der Waals surface area (Å²) in [5.41, 5.74) is 3.31. The Labute approximate surface area is 168 Å². The Bertz CT molecular complexity index is 1190. The quantitative estimate of drug-likeness (QED) is 0.663. The van der Waals surface area contributed by atoms with Gasteiger partial charge in [0.05, 0.1) is 11.4 Å². The van der Waals surface area contributed by atoms with Crippen LogP contribution in [0.1, 0.15) is 23.9 Å². The van der Waals surface area contributed by atoms with Crippen molar-refractivity contribution in [1.29, 1.82) is 0 Å². The van der Waals surface area contributed by atoms with Crippen molar-refractivity contribution >= 4 is 21.5 Å². The Balaban J connectivity index is 1.97. The number of Topliss-reactive ketones (excluding diaryl/α,β-unsaturated/α-hetero) is 1. The zero-order valence-electron chi connectivity index (χ0n) is 16.2. The van der Waals surface area contributed by atoms with Gasteiger partial charge in [0.2, 0.25) is 0 Å². The lowest BCUT2D eigenvalue weighted by Crippen LogP contribution is -2.16. The molecule has 0 aliphatic carbocycles. The molecule has 0 saturated carbocycles. The van der Waals surface area contributed by atoms with E-state index < -0.39 is 20.7 Å². The number of halogens is 1. The maximum atomic E-state index is 14.2. The molecule has 0 fully saturated rings. The van der Waals surface area contributed by atoms with Crippen LogP contribution in [0.2, 0.25) is 0 Å². The summed E-state index contributed by atoms with van der Waals surface area (Å²) in [7, 11) is -4.13. The summed E-state index contributed by atoms with van der Waals surface area (Å²) in [5, 5.41) is 0. The number of nitrogens with one attached hydrogen (secondary N) is 1. The number of sulfonamides is 1. The number of pyridine rings is 2. The molecule has 0 unspecified atom stereocenters. The summed E-state index contributed by atoms with van der Waals surface area (Å²) >= 11 is 0. The Kier molecular flexibility index (Phi) is 5.74. The highest BCUT2D eigenvalue weighted by molar-refractivity contribution is 7.92. The largest absolute Gasteiger partial charge is 0.300 e. The normalized spacial score (nSPS) is 11.3. The van der Waals surface area contributed by atoms with Crippen LogP contribution in [0.15, 0.2) is 53.7 Å². The first-order valence-corrected chi connectivity index (χ1v) is 10.3. The lowest BCUT2D eigenvalue weighted by Gasteiger charge is -2.13. The molecule has 0 bridgehead atoms. The van der Waals surface area contributed by atoms with Crippen LogP contribution >= 0.6 is 0 Å². The van der Waals surface area contributed by atoms with Gasteiger partial charge in [0.25, 0.3) is 10.0 Å². The van der Waals surface area contributed by atoms with E-state index in [9.17, 15) is 17.6 Å². The average Bonchev–Trinajstić information content (AvgIpc) is 2.62. The molecule has 3 aromatic rings. The van der Waals surface area contributed by atoms with E-state index in [0.29, 0.717) is 22.5 Å². The highest BCUT2D eigenvalue weighted by Crippen LogP contribution is 2.27. The smallest absolute Gasteiger partial charge is 0.264 e. The average molecular weight is 413 g/mol. The summed E-state index contributed by atoms with van der Waals surface area (Å²) in [6, 6.07) is 9.06. The van der Waals surface area contributed by atoms with Crippen molar-refractivity contribution in [3.8, 4) is 11.1 Å². The molecule has 29 heavy (non-hydrogen) atoms. The molecule has 0 atom stereocenters. The van der Waals surface area contributed by atoms with Crippen LogP contribution in [0.4, 0.5) is 10.1 Å². The van der Waals surface area contributed by atoms with Gasteiger partial charge in [-0.15, -0.1) is 0 Å². The van der Waals surface area contributed by atoms with Gasteiger partial charge in [-0.25, -0.2) is 12.8 Å². The van der Waals surface area contributed by atoms with Crippen LogP contribution in [0.5, 0.6) is 0 Å². The van der Waals surface area contributed by atoms with Crippen molar-refractivity contribution in [2.75, 3.05) is 4.72 Å². The van der Waals surface area contributed by atoms with Crippen molar-refractivity contribution < 1.29 is 17.6 Å². The van der Waals surface area contributed by atoms with Crippen molar-refractivity contribution in [1.82, 2.24) is 9.97 Å². The lowest BCUT2D eigenvalue weighted by atomic mass is 10.1. The van der Waals surface area contributed by atoms with Crippen LogP contribution in [0.3, 0.4) is 0 Å². The second-order valence-electron chi connectivity index (χ2n) is 6.81. The fourth-order valence-corrected chi connectivity index (χ4v) is 4.00. The first-order chi connectivity index (χ1) is 13.7. The Morgan fingerprint density at radius 3 is 2.52 bits per heavy atom. The van der Waals surface area contributed by atoms with Crippen LogP contribution < -0.4 is 4.72 Å². The number of carbonyl (C=O) groups is 1. The molecule has 6 nitrogen and oxygen atoms in total. The Hall–Kier alpha value is -3.13. The topological polar surface area (TPSA) is 89.0 Å². The number of hydrogen-bond donors (Lipinski definition) is 1. The van der Waals surface area contributed by atoms with Gasteiger partial charge >= 0.3 is 0 Å². The predicted molar refractivity (Wildman–Crippen MR) is 109 cm³/mol. The molecule has 0 saturated heterocycles. The van der Waals surface area contributed by atoms with Crippen LogP contribution in [0, 0.1) is 19.7 Å². The molecule has 0 radical (unpaired) electrons. The van der Waals surface area contributed by atoms with Crippen molar-refractivity contribution in [3.05, 3.63) is 71.6 Å². The first-order valence-electron chi connectivity index (χ1n) is 8.86. The van der Waals surface area contributed by atoms with Gasteiger partial charge < -0.3 is 0 Å². The van der Waals surface area contributed by atoms with Gasteiger partial charge in [-0.1, -0.05) is 6.07 Å². The molecule has 0 spiro atoms. The van der Waals surface area contributed by atoms with Crippen LogP contribution in [0.25, 0.3) is 11.1 Å². The number of hydrogen-bond acceptors (Lipinski definition) is 5. The fourth-order valence-electron chi connectivity index (χ4n) is 2.83. The number of aryl methyl sites for hydroxylation is 2. The molecular weight excluding hydrogens is 393 g/mol. The highest BCUT2D eigenvalue weighted by atomic mass is 32.2. The van der Waals surface area contributed by atoms with E-state index in [1.165, 1.54) is 25.1 Å². The van der Waals surface area contributed by atoms with E-state index in [4.69, 9.17) is 0 Å². The number of aromatic nitrogens is 2. The zero-order valence-corrected chi connectivity index (χ0v) is 17.0. The molecule has 0 amide bonds. The molecule has 0 aliphatic rings. The van der Waals surface area contributed by atoms with Crippen molar-refractivity contribution in [2.45, 2.75) is 32.1 Å². The zero-order chi connectivity index (χ0) is 21.2. The van der Waals surface area contributed by atoms with Gasteiger partial charge in [-0.2, -0.15) is 0 Å². The second-order valence-corrected chi connectivity index (χ2v) is 8.46. The van der Waals surface area contributed by atoms with Gasteiger partial charge in [0.1, 0.15) is 16.5 Å². The van der Waals surface area contributed by atoms with Crippen molar-refractivity contribution in [2.24, 2.45) is 0 Å². The van der Waals surface area contributed by atoms with Crippen LogP contribution in [-0.2, 0) is 21.2 Å². The van der Waals surface area contributed by atoms with Gasteiger partial charge in [0.15, 0.2) is 0 Å². The summed E-state index contributed by atoms with van der Waals surface area (Å²) in [6.07, 6.45) is 3.39. The van der Waals surface area contributed by atoms with E-state index in [1.54, 1.807) is 44.4 Å². The van der Waals surface area contributed by atoms with E-state index >= 15 is 0 Å². The third kappa shape index (κ3) is 4.83. The molecule has 0 aliphatic heterocycles. The summed E-state index contributed by atoms with van der Waals surface area (Å²) in [6.45, 7) is 4.82. The van der Waals surface area contributed by atoms with E-state index in [2.05, 4.69) is 14.7 Å². The van der Waals surface area contributed by atoms with Gasteiger partial charge in [-0.05, 0) is 62.2 Å². The maximum Gasteiger partial charge on any atom is 0.264 e. The molecular formula is C21H20FN3O3S. The predicted octanol–water partition coefficient (Wildman–Crippen LogP) is 3.83. The molecule has 1 N–H and O–H groups in total. The minimum Gasteiger partial charge on any atom is -0.300 e. The number of nitrogens with zero attached hydrogens (tertiary/aromatic N) is 2. The maximum absolute atomic E-state index is 14.2. The monoisotopic (exact) mass is 413 g/mol. The molecule has 3 rings (SSSR count). The van der Waals surface area contributed by atoms with Crippen molar-refractivity contribution in [3.63, 3.8) is 0 Å². The van der Waals surface area contributed by atoms with Gasteiger partial charge in [-0.3, -0.25) is 19.5 Å². The third-order valence-electron chi connectivity index (χ3n) is 4.29. The molecule has 1 aromatic carbocycles. The van der Waals surface area contributed by atoms with E-state index in [0.717, 1.165) is 5.56 Å². The minimum absolute atomic E-state index is 0.00902. The molecule has 2 aromatic heterocycles. The fraction of sp³-hybridized carbons (Fsp3) is 0.190. The van der Waals surface area contributed by atoms with Crippen LogP contribution in [-0.4, -0.2) is 24.2 Å². The standard InChI is InChI=1S/C21H20FN3O3S/c1-13-4-5-21(19(22)8-13)29(27,28)25-20-11-17(12-24-15(20)3)16-6-7-23-18(10-16)9-14(2)26/h4-8,10-12,25H,9H2,1-3H3. The molecule has 150 valence electrons. The summed E-state index contributed by atoms with van der Waals surface area (Å²) in [5.74, 6) is -0.826. The number of benzene rings is 1. The summed E-state index contributed by atoms with van der Waals surface area (Å²) in [4.78, 5) is 19.3. The lowest BCUT2D eigenvalue weighted by molar-refractivity contribution is -0.116. The van der Waals surface area contributed by atoms with Gasteiger partial charge in [0, 0.05) is 30.1 Å². The number of rotatable bonds is 6. The first kappa shape index (κ1) is 20.6. The SMILES string of the molecule is CC(=O)Cc1cc(-c2cnc(C)c(NS(=O)(=O)c3ccc(C)cc3F)c2)ccn1.